The summed E-state index contributed by atoms with van der Waals surface area (Å²) in [4.78, 5) is 13.7. The monoisotopic (exact) mass is 337 g/mol. The van der Waals surface area contributed by atoms with Gasteiger partial charge in [-0.3, -0.25) is 4.79 Å². The molecule has 0 fully saturated rings. The van der Waals surface area contributed by atoms with Gasteiger partial charge in [0.15, 0.2) is 18.1 Å². The van der Waals surface area contributed by atoms with Gasteiger partial charge in [-0.05, 0) is 44.5 Å². The van der Waals surface area contributed by atoms with Crippen LogP contribution in [0.4, 0.5) is 0 Å². The molecular formula is C17H27N3O4. The van der Waals surface area contributed by atoms with Crippen molar-refractivity contribution >= 4 is 12.1 Å². The molecular weight excluding hydrogens is 310 g/mol. The topological polar surface area (TPSA) is 83.4 Å². The molecule has 7 heteroatoms. The number of likely N-dealkylation sites (N-methyl/N-ethyl adjacent to an activating group) is 1. The van der Waals surface area contributed by atoms with Crippen molar-refractivity contribution in [1.29, 1.82) is 0 Å². The van der Waals surface area contributed by atoms with E-state index in [1.807, 2.05) is 26.8 Å². The minimum absolute atomic E-state index is 0.0206. The average Bonchev–Trinajstić information content (AvgIpc) is 2.59. The van der Waals surface area contributed by atoms with Crippen molar-refractivity contribution in [2.45, 2.75) is 20.8 Å². The third-order valence-corrected chi connectivity index (χ3v) is 3.26. The third-order valence-electron chi connectivity index (χ3n) is 3.26. The van der Waals surface area contributed by atoms with Gasteiger partial charge in [-0.1, -0.05) is 0 Å². The maximum absolute atomic E-state index is 12.0. The Kier molecular flexibility index (Phi) is 9.29. The van der Waals surface area contributed by atoms with Crippen molar-refractivity contribution in [2.75, 3.05) is 39.5 Å². The highest BCUT2D eigenvalue weighted by atomic mass is 16.5. The Bertz CT molecular complexity index is 531. The Morgan fingerprint density at radius 3 is 2.62 bits per heavy atom. The first-order valence-electron chi connectivity index (χ1n) is 8.20. The summed E-state index contributed by atoms with van der Waals surface area (Å²) in [5, 5.41) is 12.7. The number of hydrogen-bond acceptors (Lipinski definition) is 6. The summed E-state index contributed by atoms with van der Waals surface area (Å²) in [6.07, 6.45) is 1.63. The minimum Gasteiger partial charge on any atom is -0.490 e. The van der Waals surface area contributed by atoms with Crippen LogP contribution in [-0.4, -0.2) is 61.6 Å². The summed E-state index contributed by atoms with van der Waals surface area (Å²) in [5.74, 6) is 1.04. The largest absolute Gasteiger partial charge is 0.490 e. The quantitative estimate of drug-likeness (QED) is 0.361. The molecule has 0 aliphatic rings. The maximum atomic E-state index is 12.0. The second-order valence-corrected chi connectivity index (χ2v) is 4.88. The number of rotatable bonds is 11. The molecule has 0 heterocycles. The van der Waals surface area contributed by atoms with Gasteiger partial charge in [-0.15, -0.1) is 0 Å². The Morgan fingerprint density at radius 1 is 1.25 bits per heavy atom. The van der Waals surface area contributed by atoms with E-state index in [9.17, 15) is 4.79 Å². The van der Waals surface area contributed by atoms with Crippen molar-refractivity contribution in [3.8, 4) is 11.5 Å². The van der Waals surface area contributed by atoms with Crippen molar-refractivity contribution in [1.82, 2.24) is 10.3 Å². The highest BCUT2D eigenvalue weighted by Gasteiger charge is 2.12. The van der Waals surface area contributed by atoms with Crippen molar-refractivity contribution in [2.24, 2.45) is 5.10 Å². The van der Waals surface area contributed by atoms with Crippen LogP contribution in [0.2, 0.25) is 0 Å². The molecule has 1 aromatic rings. The normalized spacial score (nSPS) is 10.7. The van der Waals surface area contributed by atoms with Crippen LogP contribution in [0.5, 0.6) is 11.5 Å². The lowest BCUT2D eigenvalue weighted by atomic mass is 10.2. The second-order valence-electron chi connectivity index (χ2n) is 4.88. The molecule has 1 rings (SSSR count). The number of carbonyl (C=O) groups is 1. The van der Waals surface area contributed by atoms with E-state index in [4.69, 9.17) is 14.6 Å². The lowest BCUT2D eigenvalue weighted by Gasteiger charge is -2.19. The van der Waals surface area contributed by atoms with Crippen LogP contribution in [0.25, 0.3) is 0 Å². The fraction of sp³-hybridized carbons (Fsp3) is 0.529. The molecule has 0 spiro atoms. The van der Waals surface area contributed by atoms with E-state index >= 15 is 0 Å². The van der Waals surface area contributed by atoms with Crippen LogP contribution in [0.1, 0.15) is 26.3 Å². The first kappa shape index (κ1) is 19.8. The molecule has 0 unspecified atom stereocenters. The molecule has 0 radical (unpaired) electrons. The minimum atomic E-state index is -0.0544. The molecule has 0 aliphatic carbocycles. The number of amides is 1. The molecule has 2 N–H and O–H groups in total. The van der Waals surface area contributed by atoms with E-state index < -0.39 is 0 Å². The average molecular weight is 337 g/mol. The van der Waals surface area contributed by atoms with E-state index in [0.29, 0.717) is 37.7 Å². The molecule has 1 aromatic carbocycles. The van der Waals surface area contributed by atoms with E-state index in [-0.39, 0.29) is 19.1 Å². The molecule has 7 nitrogen and oxygen atoms in total. The van der Waals surface area contributed by atoms with Crippen molar-refractivity contribution in [3.63, 3.8) is 0 Å². The van der Waals surface area contributed by atoms with Crippen LogP contribution >= 0.6 is 0 Å². The van der Waals surface area contributed by atoms with Gasteiger partial charge >= 0.3 is 0 Å². The second kappa shape index (κ2) is 11.3. The Balaban J connectivity index is 2.76. The molecule has 0 aromatic heterocycles. The standard InChI is InChI=1S/C17H27N3O4/c1-4-20(5-2)17(22)13-24-15-8-7-14(11-16(15)23-6-3)12-19-18-9-10-21/h7-8,11-12,18,21H,4-6,9-10,13H2,1-3H3. The summed E-state index contributed by atoms with van der Waals surface area (Å²) in [6.45, 7) is 7.96. The van der Waals surface area contributed by atoms with Gasteiger partial charge in [0, 0.05) is 13.1 Å². The first-order chi connectivity index (χ1) is 11.7. The van der Waals surface area contributed by atoms with E-state index in [0.717, 1.165) is 5.56 Å². The molecule has 0 saturated heterocycles. The van der Waals surface area contributed by atoms with Gasteiger partial charge in [0.25, 0.3) is 5.91 Å². The van der Waals surface area contributed by atoms with Crippen molar-refractivity contribution in [3.05, 3.63) is 23.8 Å². The lowest BCUT2D eigenvalue weighted by molar-refractivity contribution is -0.132. The van der Waals surface area contributed by atoms with Gasteiger partial charge in [0.05, 0.1) is 26.0 Å². The molecule has 24 heavy (non-hydrogen) atoms. The van der Waals surface area contributed by atoms with Gasteiger partial charge in [0.1, 0.15) is 0 Å². The number of nitrogens with one attached hydrogen (secondary N) is 1. The zero-order chi connectivity index (χ0) is 17.8. The predicted molar refractivity (Wildman–Crippen MR) is 93.7 cm³/mol. The number of carbonyl (C=O) groups excluding carboxylic acids is 1. The molecule has 0 bridgehead atoms. The zero-order valence-corrected chi connectivity index (χ0v) is 14.6. The van der Waals surface area contributed by atoms with Crippen LogP contribution < -0.4 is 14.9 Å². The summed E-state index contributed by atoms with van der Waals surface area (Å²) < 4.78 is 11.2. The number of nitrogens with zero attached hydrogens (tertiary/aromatic N) is 2. The van der Waals surface area contributed by atoms with Gasteiger partial charge in [-0.25, -0.2) is 0 Å². The number of ether oxygens (including phenoxy) is 2. The van der Waals surface area contributed by atoms with Crippen LogP contribution in [0.3, 0.4) is 0 Å². The first-order valence-corrected chi connectivity index (χ1v) is 8.20. The number of benzene rings is 1. The molecule has 134 valence electrons. The Hall–Kier alpha value is -2.28. The van der Waals surface area contributed by atoms with Crippen LogP contribution in [0.15, 0.2) is 23.3 Å². The fourth-order valence-electron chi connectivity index (χ4n) is 2.03. The van der Waals surface area contributed by atoms with Crippen molar-refractivity contribution < 1.29 is 19.4 Å². The van der Waals surface area contributed by atoms with Gasteiger partial charge in [0.2, 0.25) is 0 Å². The van der Waals surface area contributed by atoms with Crippen LogP contribution in [-0.2, 0) is 4.79 Å². The maximum Gasteiger partial charge on any atom is 0.260 e. The van der Waals surface area contributed by atoms with E-state index in [1.165, 1.54) is 0 Å². The number of aliphatic hydroxyl groups excluding tert-OH is 1. The highest BCUT2D eigenvalue weighted by molar-refractivity contribution is 5.81. The molecule has 1 amide bonds. The summed E-state index contributed by atoms with van der Waals surface area (Å²) >= 11 is 0. The lowest BCUT2D eigenvalue weighted by Crippen LogP contribution is -2.34. The highest BCUT2D eigenvalue weighted by Crippen LogP contribution is 2.28. The molecule has 0 aliphatic heterocycles. The smallest absolute Gasteiger partial charge is 0.260 e. The van der Waals surface area contributed by atoms with E-state index in [1.54, 1.807) is 23.2 Å². The summed E-state index contributed by atoms with van der Waals surface area (Å²) in [7, 11) is 0. The summed E-state index contributed by atoms with van der Waals surface area (Å²) in [5.41, 5.74) is 3.54. The zero-order valence-electron chi connectivity index (χ0n) is 14.6. The Labute approximate surface area is 143 Å². The molecule has 0 saturated carbocycles. The number of hydrazone groups is 1. The fourth-order valence-corrected chi connectivity index (χ4v) is 2.03. The summed E-state index contributed by atoms with van der Waals surface area (Å²) in [6, 6.07) is 5.38. The van der Waals surface area contributed by atoms with E-state index in [2.05, 4.69) is 10.5 Å². The Morgan fingerprint density at radius 2 is 2.00 bits per heavy atom. The predicted octanol–water partition coefficient (Wildman–Crippen LogP) is 1.25. The SMILES string of the molecule is CCOc1cc(C=NNCCO)ccc1OCC(=O)N(CC)CC. The van der Waals surface area contributed by atoms with Gasteiger partial charge < -0.3 is 24.9 Å². The number of aliphatic hydroxyl groups is 1. The third kappa shape index (κ3) is 6.45. The number of hydrogen-bond donors (Lipinski definition) is 2. The van der Waals surface area contributed by atoms with Crippen LogP contribution in [0, 0.1) is 0 Å². The molecule has 0 atom stereocenters. The van der Waals surface area contributed by atoms with Gasteiger partial charge in [-0.2, -0.15) is 5.10 Å².